The van der Waals surface area contributed by atoms with E-state index >= 15 is 0 Å². The van der Waals surface area contributed by atoms with Crippen LogP contribution in [-0.2, 0) is 19.0 Å². The van der Waals surface area contributed by atoms with Crippen molar-refractivity contribution in [3.05, 3.63) is 72.0 Å². The van der Waals surface area contributed by atoms with E-state index in [1.165, 1.54) is 0 Å². The summed E-state index contributed by atoms with van der Waals surface area (Å²) in [6, 6.07) is 14.5. The number of nitrogens with two attached hydrogens (primary N) is 1. The molecule has 0 bridgehead atoms. The Morgan fingerprint density at radius 3 is 2.33 bits per heavy atom. The molecule has 0 aromatic heterocycles. The number of esters is 1. The summed E-state index contributed by atoms with van der Waals surface area (Å²) in [6.45, 7) is 0.487. The first-order valence-corrected chi connectivity index (χ1v) is 12.1. The molecule has 4 N–H and O–H groups in total. The molecule has 9 nitrogen and oxygen atoms in total. The molecule has 0 saturated heterocycles. The summed E-state index contributed by atoms with van der Waals surface area (Å²) < 4.78 is 16.4. The molecule has 190 valence electrons. The van der Waals surface area contributed by atoms with Gasteiger partial charge in [-0.2, -0.15) is 0 Å². The first-order valence-electron chi connectivity index (χ1n) is 12.1. The zero-order valence-electron chi connectivity index (χ0n) is 20.0. The number of fused-ring (bicyclic) bond motifs is 3. The molecular formula is C27H31N3O6. The lowest BCUT2D eigenvalue weighted by molar-refractivity contribution is -0.149. The van der Waals surface area contributed by atoms with Gasteiger partial charge in [-0.3, -0.25) is 0 Å². The van der Waals surface area contributed by atoms with E-state index in [9.17, 15) is 14.4 Å². The second-order valence-corrected chi connectivity index (χ2v) is 8.79. The lowest BCUT2D eigenvalue weighted by atomic mass is 9.98. The number of hydrogen-bond donors (Lipinski definition) is 3. The maximum atomic E-state index is 12.8. The van der Waals surface area contributed by atoms with E-state index in [1.807, 2.05) is 42.5 Å². The van der Waals surface area contributed by atoms with Gasteiger partial charge in [0.2, 0.25) is 0 Å². The third kappa shape index (κ3) is 6.35. The number of carbonyl (C=O) groups is 3. The van der Waals surface area contributed by atoms with Gasteiger partial charge >= 0.3 is 18.1 Å². The van der Waals surface area contributed by atoms with Crippen LogP contribution in [0.1, 0.15) is 42.7 Å². The van der Waals surface area contributed by atoms with Crippen molar-refractivity contribution >= 4 is 18.1 Å². The van der Waals surface area contributed by atoms with Crippen LogP contribution in [0.4, 0.5) is 9.59 Å². The van der Waals surface area contributed by atoms with Crippen LogP contribution in [0.15, 0.2) is 60.9 Å². The number of carbonyl (C=O) groups excluding carboxylic acids is 3. The Bertz CT molecular complexity index is 1070. The number of amides is 3. The van der Waals surface area contributed by atoms with Gasteiger partial charge in [0.25, 0.3) is 0 Å². The third-order valence-electron chi connectivity index (χ3n) is 6.32. The Hall–Kier alpha value is -4.01. The minimum atomic E-state index is -0.936. The lowest BCUT2D eigenvalue weighted by Crippen LogP contribution is -2.43. The highest BCUT2D eigenvalue weighted by molar-refractivity contribution is 5.82. The highest BCUT2D eigenvalue weighted by atomic mass is 16.6. The minimum absolute atomic E-state index is 0.0889. The molecule has 1 aliphatic heterocycles. The molecule has 0 fully saturated rings. The van der Waals surface area contributed by atoms with E-state index in [4.69, 9.17) is 19.9 Å². The molecule has 1 aliphatic carbocycles. The molecule has 9 heteroatoms. The van der Waals surface area contributed by atoms with Gasteiger partial charge in [-0.05, 0) is 54.0 Å². The van der Waals surface area contributed by atoms with Crippen LogP contribution in [0.2, 0.25) is 0 Å². The van der Waals surface area contributed by atoms with Gasteiger partial charge in [0.1, 0.15) is 25.4 Å². The van der Waals surface area contributed by atoms with Crippen LogP contribution in [0.5, 0.6) is 0 Å². The second kappa shape index (κ2) is 12.1. The first kappa shape index (κ1) is 25.1. The third-order valence-corrected chi connectivity index (χ3v) is 6.32. The lowest BCUT2D eigenvalue weighted by Gasteiger charge is -2.22. The van der Waals surface area contributed by atoms with Crippen molar-refractivity contribution in [3.8, 4) is 11.1 Å². The van der Waals surface area contributed by atoms with E-state index < -0.39 is 24.1 Å². The number of primary amides is 1. The SMILES string of the molecule is NC(=O)NCCC[C@H](NC(=O)OCC1c2ccccc2-c2ccccc21)C(=O)OCC1CCC=CO1. The fourth-order valence-corrected chi connectivity index (χ4v) is 4.53. The van der Waals surface area contributed by atoms with Crippen LogP contribution < -0.4 is 16.4 Å². The Balaban J connectivity index is 1.35. The van der Waals surface area contributed by atoms with E-state index in [-0.39, 0.29) is 38.2 Å². The number of benzene rings is 2. The molecule has 36 heavy (non-hydrogen) atoms. The van der Waals surface area contributed by atoms with Gasteiger partial charge in [-0.1, -0.05) is 48.5 Å². The summed E-state index contributed by atoms with van der Waals surface area (Å²) in [5.41, 5.74) is 9.55. The van der Waals surface area contributed by atoms with Gasteiger partial charge in [-0.15, -0.1) is 0 Å². The molecule has 2 aliphatic rings. The quantitative estimate of drug-likeness (QED) is 0.343. The maximum Gasteiger partial charge on any atom is 0.407 e. The molecular weight excluding hydrogens is 462 g/mol. The number of ether oxygens (including phenoxy) is 3. The Kier molecular flexibility index (Phi) is 8.44. The number of allylic oxidation sites excluding steroid dienone is 1. The second-order valence-electron chi connectivity index (χ2n) is 8.79. The normalized spacial score (nSPS) is 16.7. The van der Waals surface area contributed by atoms with Crippen molar-refractivity contribution in [2.24, 2.45) is 5.73 Å². The van der Waals surface area contributed by atoms with Crippen molar-refractivity contribution in [1.29, 1.82) is 0 Å². The Labute approximate surface area is 210 Å². The summed E-state index contributed by atoms with van der Waals surface area (Å²) in [6.07, 6.45) is 4.84. The average Bonchev–Trinajstić information content (AvgIpc) is 3.22. The average molecular weight is 494 g/mol. The fourth-order valence-electron chi connectivity index (χ4n) is 4.53. The molecule has 2 aromatic rings. The molecule has 1 heterocycles. The number of urea groups is 1. The first-order chi connectivity index (χ1) is 17.5. The Morgan fingerprint density at radius 2 is 1.69 bits per heavy atom. The predicted molar refractivity (Wildman–Crippen MR) is 133 cm³/mol. The molecule has 1 unspecified atom stereocenters. The zero-order valence-corrected chi connectivity index (χ0v) is 20.0. The van der Waals surface area contributed by atoms with Gasteiger partial charge in [0, 0.05) is 12.5 Å². The number of rotatable bonds is 10. The summed E-state index contributed by atoms with van der Waals surface area (Å²) in [5, 5.41) is 5.10. The van der Waals surface area contributed by atoms with Crippen LogP contribution in [0.3, 0.4) is 0 Å². The fraction of sp³-hybridized carbons (Fsp3) is 0.370. The van der Waals surface area contributed by atoms with Crippen molar-refractivity contribution in [1.82, 2.24) is 10.6 Å². The van der Waals surface area contributed by atoms with E-state index in [0.717, 1.165) is 35.1 Å². The van der Waals surface area contributed by atoms with Crippen LogP contribution in [-0.4, -0.2) is 50.0 Å². The Morgan fingerprint density at radius 1 is 1.00 bits per heavy atom. The van der Waals surface area contributed by atoms with Crippen molar-refractivity contribution in [2.45, 2.75) is 43.7 Å². The van der Waals surface area contributed by atoms with Crippen LogP contribution in [0, 0.1) is 0 Å². The summed E-state index contributed by atoms with van der Waals surface area (Å²) in [7, 11) is 0. The number of alkyl carbamates (subject to hydrolysis) is 1. The topological polar surface area (TPSA) is 129 Å². The van der Waals surface area contributed by atoms with Gasteiger partial charge < -0.3 is 30.6 Å². The molecule has 0 radical (unpaired) electrons. The summed E-state index contributed by atoms with van der Waals surface area (Å²) in [5.74, 6) is -0.675. The predicted octanol–water partition coefficient (Wildman–Crippen LogP) is 3.58. The van der Waals surface area contributed by atoms with Gasteiger partial charge in [0.05, 0.1) is 6.26 Å². The molecule has 0 saturated carbocycles. The van der Waals surface area contributed by atoms with Crippen molar-refractivity contribution in [3.63, 3.8) is 0 Å². The van der Waals surface area contributed by atoms with E-state index in [0.29, 0.717) is 6.42 Å². The van der Waals surface area contributed by atoms with E-state index in [2.05, 4.69) is 22.8 Å². The van der Waals surface area contributed by atoms with Crippen LogP contribution >= 0.6 is 0 Å². The molecule has 2 atom stereocenters. The van der Waals surface area contributed by atoms with Gasteiger partial charge in [-0.25, -0.2) is 14.4 Å². The molecule has 0 spiro atoms. The van der Waals surface area contributed by atoms with Crippen LogP contribution in [0.25, 0.3) is 11.1 Å². The highest BCUT2D eigenvalue weighted by Crippen LogP contribution is 2.44. The molecule has 3 amide bonds. The smallest absolute Gasteiger partial charge is 0.407 e. The minimum Gasteiger partial charge on any atom is -0.495 e. The van der Waals surface area contributed by atoms with Gasteiger partial charge in [0.15, 0.2) is 0 Å². The van der Waals surface area contributed by atoms with E-state index in [1.54, 1.807) is 6.26 Å². The maximum absolute atomic E-state index is 12.8. The standard InChI is InChI=1S/C27H31N3O6/c28-26(32)29-14-7-13-24(25(31)35-16-18-8-5-6-15-34-18)30-27(33)36-17-23-21-11-3-1-9-19(21)20-10-2-4-12-22(20)23/h1-4,6,9-12,15,18,23-24H,5,7-8,13-14,16-17H2,(H,30,33)(H3,28,29,32)/t18?,24-/m0/s1. The molecule has 2 aromatic carbocycles. The van der Waals surface area contributed by atoms with Crippen molar-refractivity contribution in [2.75, 3.05) is 19.8 Å². The number of nitrogens with one attached hydrogen (secondary N) is 2. The largest absolute Gasteiger partial charge is 0.495 e. The summed E-state index contributed by atoms with van der Waals surface area (Å²) >= 11 is 0. The highest BCUT2D eigenvalue weighted by Gasteiger charge is 2.30. The summed E-state index contributed by atoms with van der Waals surface area (Å²) in [4.78, 5) is 36.4. The monoisotopic (exact) mass is 493 g/mol. The molecule has 4 rings (SSSR count). The van der Waals surface area contributed by atoms with Crippen molar-refractivity contribution < 1.29 is 28.6 Å². The number of hydrogen-bond acceptors (Lipinski definition) is 6. The zero-order chi connectivity index (χ0) is 25.3.